The van der Waals surface area contributed by atoms with E-state index in [1.165, 1.54) is 17.7 Å². The summed E-state index contributed by atoms with van der Waals surface area (Å²) in [6, 6.07) is 5.48. The van der Waals surface area contributed by atoms with E-state index in [0.717, 1.165) is 24.3 Å². The summed E-state index contributed by atoms with van der Waals surface area (Å²) in [5, 5.41) is 13.3. The van der Waals surface area contributed by atoms with Crippen LogP contribution in [0.5, 0.6) is 0 Å². The number of carbonyl (C=O) groups excluding carboxylic acids is 2. The Morgan fingerprint density at radius 2 is 2.26 bits per heavy atom. The molecule has 4 rings (SSSR count). The fourth-order valence-electron chi connectivity index (χ4n) is 3.23. The summed E-state index contributed by atoms with van der Waals surface area (Å²) in [5.74, 6) is 0.475. The fourth-order valence-corrected chi connectivity index (χ4v) is 4.28. The summed E-state index contributed by atoms with van der Waals surface area (Å²) in [6.45, 7) is 1.26. The smallest absolute Gasteiger partial charge is 0.266 e. The van der Waals surface area contributed by atoms with Crippen molar-refractivity contribution in [1.29, 1.82) is 0 Å². The number of likely N-dealkylation sites (tertiary alicyclic amines) is 1. The highest BCUT2D eigenvalue weighted by atomic mass is 32.1. The van der Waals surface area contributed by atoms with E-state index < -0.39 is 0 Å². The number of nitrogens with one attached hydrogen (secondary N) is 2. The van der Waals surface area contributed by atoms with Crippen LogP contribution < -0.4 is 5.32 Å². The Bertz CT molecular complexity index is 904. The first-order chi connectivity index (χ1) is 13.2. The minimum Gasteiger partial charge on any atom is -0.335 e. The van der Waals surface area contributed by atoms with Crippen molar-refractivity contribution in [2.45, 2.75) is 31.8 Å². The minimum atomic E-state index is -0.183. The molecule has 1 aliphatic rings. The van der Waals surface area contributed by atoms with E-state index in [4.69, 9.17) is 0 Å². The molecule has 0 bridgehead atoms. The SMILES string of the molecule is O=C(Nc1ccn[nH]1)c1ccc(C2CCCN2C(=O)CCn2cncn2)s1. The third kappa shape index (κ3) is 3.90. The van der Waals surface area contributed by atoms with Crippen molar-refractivity contribution in [2.24, 2.45) is 0 Å². The van der Waals surface area contributed by atoms with Crippen molar-refractivity contribution in [3.05, 3.63) is 46.8 Å². The Morgan fingerprint density at radius 3 is 3.04 bits per heavy atom. The van der Waals surface area contributed by atoms with Gasteiger partial charge in [0.2, 0.25) is 5.91 Å². The molecule has 1 unspecified atom stereocenters. The lowest BCUT2D eigenvalue weighted by Crippen LogP contribution is -2.30. The van der Waals surface area contributed by atoms with Crippen molar-refractivity contribution in [3.8, 4) is 0 Å². The molecule has 3 aromatic rings. The molecule has 1 aliphatic heterocycles. The monoisotopic (exact) mass is 385 g/mol. The Hall–Kier alpha value is -3.01. The van der Waals surface area contributed by atoms with Gasteiger partial charge in [-0.2, -0.15) is 10.2 Å². The number of thiophene rings is 1. The lowest BCUT2D eigenvalue weighted by Gasteiger charge is -2.24. The van der Waals surface area contributed by atoms with Crippen molar-refractivity contribution >= 4 is 29.0 Å². The van der Waals surface area contributed by atoms with Crippen molar-refractivity contribution < 1.29 is 9.59 Å². The van der Waals surface area contributed by atoms with Crippen molar-refractivity contribution in [1.82, 2.24) is 29.9 Å². The highest BCUT2D eigenvalue weighted by Crippen LogP contribution is 2.36. The molecular weight excluding hydrogens is 366 g/mol. The summed E-state index contributed by atoms with van der Waals surface area (Å²) >= 11 is 1.43. The Morgan fingerprint density at radius 1 is 1.33 bits per heavy atom. The molecule has 4 heterocycles. The lowest BCUT2D eigenvalue weighted by molar-refractivity contribution is -0.132. The Balaban J connectivity index is 1.40. The predicted molar refractivity (Wildman–Crippen MR) is 99.2 cm³/mol. The van der Waals surface area contributed by atoms with Gasteiger partial charge in [-0.05, 0) is 25.0 Å². The highest BCUT2D eigenvalue weighted by molar-refractivity contribution is 7.14. The molecule has 10 heteroatoms. The third-order valence-electron chi connectivity index (χ3n) is 4.52. The molecule has 140 valence electrons. The van der Waals surface area contributed by atoms with Gasteiger partial charge in [-0.15, -0.1) is 11.3 Å². The maximum absolute atomic E-state index is 12.7. The summed E-state index contributed by atoms with van der Waals surface area (Å²) < 4.78 is 1.66. The van der Waals surface area contributed by atoms with Crippen molar-refractivity contribution in [2.75, 3.05) is 11.9 Å². The van der Waals surface area contributed by atoms with E-state index in [1.807, 2.05) is 17.0 Å². The number of carbonyl (C=O) groups is 2. The molecule has 1 atom stereocenters. The van der Waals surface area contributed by atoms with E-state index in [9.17, 15) is 9.59 Å². The third-order valence-corrected chi connectivity index (χ3v) is 5.71. The largest absolute Gasteiger partial charge is 0.335 e. The van der Waals surface area contributed by atoms with Crippen LogP contribution in [-0.4, -0.2) is 48.2 Å². The first kappa shape index (κ1) is 17.4. The van der Waals surface area contributed by atoms with Gasteiger partial charge in [0.05, 0.1) is 23.7 Å². The zero-order chi connectivity index (χ0) is 18.6. The molecule has 9 nitrogen and oxygen atoms in total. The molecule has 0 spiro atoms. The van der Waals surface area contributed by atoms with Crippen LogP contribution in [0.15, 0.2) is 37.1 Å². The second kappa shape index (κ2) is 7.70. The van der Waals surface area contributed by atoms with Gasteiger partial charge in [-0.3, -0.25) is 19.4 Å². The second-order valence-electron chi connectivity index (χ2n) is 6.28. The number of H-pyrrole nitrogens is 1. The van der Waals surface area contributed by atoms with Gasteiger partial charge in [0.15, 0.2) is 0 Å². The normalized spacial score (nSPS) is 16.6. The van der Waals surface area contributed by atoms with Gasteiger partial charge >= 0.3 is 0 Å². The van der Waals surface area contributed by atoms with E-state index in [2.05, 4.69) is 25.6 Å². The van der Waals surface area contributed by atoms with Crippen LogP contribution in [0.4, 0.5) is 5.82 Å². The molecule has 1 fully saturated rings. The summed E-state index contributed by atoms with van der Waals surface area (Å²) in [7, 11) is 0. The van der Waals surface area contributed by atoms with Crippen LogP contribution in [0, 0.1) is 0 Å². The van der Waals surface area contributed by atoms with Gasteiger partial charge in [0, 0.05) is 23.9 Å². The quantitative estimate of drug-likeness (QED) is 0.675. The summed E-state index contributed by atoms with van der Waals surface area (Å²) in [5.41, 5.74) is 0. The fraction of sp³-hybridized carbons (Fsp3) is 0.353. The predicted octanol–water partition coefficient (Wildman–Crippen LogP) is 2.07. The van der Waals surface area contributed by atoms with Gasteiger partial charge in [-0.25, -0.2) is 4.98 Å². The van der Waals surface area contributed by atoms with E-state index in [0.29, 0.717) is 23.7 Å². The van der Waals surface area contributed by atoms with E-state index >= 15 is 0 Å². The average molecular weight is 385 g/mol. The average Bonchev–Trinajstić information content (AvgIpc) is 3.47. The zero-order valence-corrected chi connectivity index (χ0v) is 15.4. The zero-order valence-electron chi connectivity index (χ0n) is 14.5. The maximum atomic E-state index is 12.7. The number of anilines is 1. The maximum Gasteiger partial charge on any atom is 0.266 e. The first-order valence-corrected chi connectivity index (χ1v) is 9.55. The topological polar surface area (TPSA) is 109 Å². The van der Waals surface area contributed by atoms with E-state index in [1.54, 1.807) is 23.3 Å². The summed E-state index contributed by atoms with van der Waals surface area (Å²) in [4.78, 5) is 32.5. The standard InChI is InChI=1S/C17H19N7O2S/c25-16(6-9-23-11-18-10-20-23)24-8-1-2-12(24)13-3-4-14(27-13)17(26)21-15-5-7-19-22-15/h3-5,7,10-12H,1-2,6,8-9H2,(H2,19,21,22,26). The molecule has 0 saturated carbocycles. The number of hydrogen-bond donors (Lipinski definition) is 2. The number of rotatable bonds is 6. The van der Waals surface area contributed by atoms with Crippen LogP contribution in [0.1, 0.15) is 39.9 Å². The van der Waals surface area contributed by atoms with Crippen LogP contribution in [0.25, 0.3) is 0 Å². The Kier molecular flexibility index (Phi) is 4.97. The van der Waals surface area contributed by atoms with Gasteiger partial charge in [0.1, 0.15) is 18.5 Å². The van der Waals surface area contributed by atoms with Crippen LogP contribution >= 0.6 is 11.3 Å². The Labute approximate surface area is 159 Å². The molecule has 0 aromatic carbocycles. The van der Waals surface area contributed by atoms with Crippen LogP contribution in [0.3, 0.4) is 0 Å². The van der Waals surface area contributed by atoms with Crippen molar-refractivity contribution in [3.63, 3.8) is 0 Å². The molecule has 0 radical (unpaired) electrons. The van der Waals surface area contributed by atoms with Gasteiger partial charge < -0.3 is 10.2 Å². The molecule has 27 heavy (non-hydrogen) atoms. The molecule has 3 aromatic heterocycles. The second-order valence-corrected chi connectivity index (χ2v) is 7.40. The lowest BCUT2D eigenvalue weighted by atomic mass is 10.2. The number of aryl methyl sites for hydroxylation is 1. The number of nitrogens with zero attached hydrogens (tertiary/aromatic N) is 5. The van der Waals surface area contributed by atoms with Crippen LogP contribution in [-0.2, 0) is 11.3 Å². The number of amides is 2. The molecular formula is C17H19N7O2S. The summed E-state index contributed by atoms with van der Waals surface area (Å²) in [6.07, 6.45) is 6.92. The van der Waals surface area contributed by atoms with Crippen LogP contribution in [0.2, 0.25) is 0 Å². The first-order valence-electron chi connectivity index (χ1n) is 8.73. The molecule has 2 amide bonds. The molecule has 1 saturated heterocycles. The molecule has 2 N–H and O–H groups in total. The highest BCUT2D eigenvalue weighted by Gasteiger charge is 2.31. The molecule has 0 aliphatic carbocycles. The number of aromatic nitrogens is 5. The minimum absolute atomic E-state index is 0.0342. The van der Waals surface area contributed by atoms with Gasteiger partial charge in [0.25, 0.3) is 5.91 Å². The number of hydrogen-bond acceptors (Lipinski definition) is 6. The number of aromatic amines is 1. The van der Waals surface area contributed by atoms with Gasteiger partial charge in [-0.1, -0.05) is 0 Å². The van der Waals surface area contributed by atoms with E-state index in [-0.39, 0.29) is 17.9 Å².